The van der Waals surface area contributed by atoms with Crippen LogP contribution in [0.25, 0.3) is 0 Å². The number of ether oxygens (including phenoxy) is 1. The Morgan fingerprint density at radius 2 is 2.30 bits per heavy atom. The molecule has 1 aromatic heterocycles. The molecular formula is C13H15N3O3S. The maximum Gasteiger partial charge on any atom is 0.311 e. The molecule has 0 radical (unpaired) electrons. The van der Waals surface area contributed by atoms with Gasteiger partial charge in [0.15, 0.2) is 5.75 Å². The summed E-state index contributed by atoms with van der Waals surface area (Å²) in [6, 6.07) is 4.99. The van der Waals surface area contributed by atoms with Gasteiger partial charge in [-0.15, -0.1) is 11.3 Å². The lowest BCUT2D eigenvalue weighted by molar-refractivity contribution is -0.386. The molecule has 0 aliphatic heterocycles. The van der Waals surface area contributed by atoms with Crippen LogP contribution in [0.2, 0.25) is 0 Å². The molecule has 0 bridgehead atoms. The molecule has 0 spiro atoms. The van der Waals surface area contributed by atoms with E-state index in [4.69, 9.17) is 4.74 Å². The van der Waals surface area contributed by atoms with E-state index in [1.807, 2.05) is 13.0 Å². The third-order valence-electron chi connectivity index (χ3n) is 2.64. The summed E-state index contributed by atoms with van der Waals surface area (Å²) < 4.78 is 5.54. The molecule has 1 N–H and O–H groups in total. The van der Waals surface area contributed by atoms with Gasteiger partial charge in [-0.25, -0.2) is 4.98 Å². The lowest BCUT2D eigenvalue weighted by Crippen LogP contribution is -2.06. The molecule has 6 nitrogen and oxygen atoms in total. The molecule has 0 fully saturated rings. The first-order chi connectivity index (χ1) is 9.60. The molecule has 0 saturated heterocycles. The first-order valence-corrected chi connectivity index (χ1v) is 6.88. The second kappa shape index (κ2) is 6.44. The van der Waals surface area contributed by atoms with E-state index in [1.165, 1.54) is 17.4 Å². The van der Waals surface area contributed by atoms with Gasteiger partial charge in [0.05, 0.1) is 14.8 Å². The maximum atomic E-state index is 11.1. The molecule has 7 heteroatoms. The summed E-state index contributed by atoms with van der Waals surface area (Å²) in [4.78, 5) is 15.7. The van der Waals surface area contributed by atoms with Gasteiger partial charge in [-0.3, -0.25) is 10.1 Å². The van der Waals surface area contributed by atoms with Crippen LogP contribution in [0.1, 0.15) is 15.4 Å². The van der Waals surface area contributed by atoms with E-state index < -0.39 is 4.92 Å². The van der Waals surface area contributed by atoms with E-state index in [0.29, 0.717) is 6.54 Å². The molecule has 2 rings (SSSR count). The number of rotatable bonds is 6. The van der Waals surface area contributed by atoms with Crippen LogP contribution < -0.4 is 10.1 Å². The smallest absolute Gasteiger partial charge is 0.311 e. The average Bonchev–Trinajstić information content (AvgIpc) is 2.83. The summed E-state index contributed by atoms with van der Waals surface area (Å²) in [6.07, 6.45) is 1.72. The van der Waals surface area contributed by atoms with Crippen LogP contribution in [0.3, 0.4) is 0 Å². The third-order valence-corrected chi connectivity index (χ3v) is 3.53. The van der Waals surface area contributed by atoms with Gasteiger partial charge < -0.3 is 10.1 Å². The minimum atomic E-state index is -0.424. The summed E-state index contributed by atoms with van der Waals surface area (Å²) in [5.74, 6) is 0.279. The Morgan fingerprint density at radius 1 is 1.50 bits per heavy atom. The summed E-state index contributed by atoms with van der Waals surface area (Å²) in [5, 5.41) is 15.0. The number of aromatic nitrogens is 1. The molecule has 1 aromatic carbocycles. The molecular weight excluding hydrogens is 278 g/mol. The van der Waals surface area contributed by atoms with Crippen molar-refractivity contribution in [2.45, 2.75) is 20.1 Å². The Kier molecular flexibility index (Phi) is 4.65. The van der Waals surface area contributed by atoms with Crippen molar-refractivity contribution in [2.24, 2.45) is 0 Å². The second-order valence-electron chi connectivity index (χ2n) is 4.22. The number of nitrogens with zero attached hydrogens (tertiary/aromatic N) is 2. The number of thiazole rings is 1. The highest BCUT2D eigenvalue weighted by Gasteiger charge is 2.16. The van der Waals surface area contributed by atoms with E-state index in [0.717, 1.165) is 15.4 Å². The Labute approximate surface area is 120 Å². The van der Waals surface area contributed by atoms with Crippen LogP contribution in [-0.4, -0.2) is 17.0 Å². The van der Waals surface area contributed by atoms with Crippen molar-refractivity contribution in [3.8, 4) is 5.75 Å². The van der Waals surface area contributed by atoms with Gasteiger partial charge in [0.1, 0.15) is 6.61 Å². The van der Waals surface area contributed by atoms with Crippen molar-refractivity contribution in [1.29, 1.82) is 0 Å². The van der Waals surface area contributed by atoms with Crippen LogP contribution in [0.5, 0.6) is 5.75 Å². The molecule has 106 valence electrons. The van der Waals surface area contributed by atoms with E-state index in [1.54, 1.807) is 19.3 Å². The second-order valence-corrected chi connectivity index (χ2v) is 5.54. The highest BCUT2D eigenvalue weighted by Crippen LogP contribution is 2.29. The molecule has 0 aliphatic rings. The van der Waals surface area contributed by atoms with Gasteiger partial charge in [-0.05, 0) is 25.6 Å². The molecule has 1 heterocycles. The molecule has 2 aromatic rings. The zero-order valence-electron chi connectivity index (χ0n) is 11.3. The predicted molar refractivity (Wildman–Crippen MR) is 77.0 cm³/mol. The van der Waals surface area contributed by atoms with Crippen molar-refractivity contribution in [2.75, 3.05) is 7.05 Å². The quantitative estimate of drug-likeness (QED) is 0.654. The Balaban J connectivity index is 2.15. The van der Waals surface area contributed by atoms with E-state index in [9.17, 15) is 10.1 Å². The van der Waals surface area contributed by atoms with Crippen molar-refractivity contribution < 1.29 is 9.66 Å². The van der Waals surface area contributed by atoms with Crippen LogP contribution in [0.15, 0.2) is 24.4 Å². The maximum absolute atomic E-state index is 11.1. The number of nitro groups is 1. The van der Waals surface area contributed by atoms with Gasteiger partial charge in [0.2, 0.25) is 0 Å². The van der Waals surface area contributed by atoms with Crippen molar-refractivity contribution >= 4 is 17.0 Å². The van der Waals surface area contributed by atoms with Gasteiger partial charge in [-0.1, -0.05) is 6.07 Å². The van der Waals surface area contributed by atoms with Crippen LogP contribution in [0, 0.1) is 17.0 Å². The summed E-state index contributed by atoms with van der Waals surface area (Å²) >= 11 is 1.52. The SMILES string of the molecule is CNCc1ccc(OCc2cnc(C)s2)c([N+](=O)[O-])c1. The van der Waals surface area contributed by atoms with Gasteiger partial charge >= 0.3 is 5.69 Å². The zero-order chi connectivity index (χ0) is 14.5. The highest BCUT2D eigenvalue weighted by atomic mass is 32.1. The van der Waals surface area contributed by atoms with Crippen LogP contribution in [0.4, 0.5) is 5.69 Å². The van der Waals surface area contributed by atoms with Gasteiger partial charge in [-0.2, -0.15) is 0 Å². The number of benzene rings is 1. The number of nitro benzene ring substituents is 1. The number of aryl methyl sites for hydroxylation is 1. The Hall–Kier alpha value is -1.99. The van der Waals surface area contributed by atoms with E-state index >= 15 is 0 Å². The summed E-state index contributed by atoms with van der Waals surface area (Å²) in [5.41, 5.74) is 0.833. The fourth-order valence-electron chi connectivity index (χ4n) is 1.76. The standard InChI is InChI=1S/C13H15N3O3S/c1-9-15-7-11(20-9)8-19-13-4-3-10(6-14-2)5-12(13)16(17)18/h3-5,7,14H,6,8H2,1-2H3. The molecule has 0 atom stereocenters. The van der Waals surface area contributed by atoms with Crippen LogP contribution in [-0.2, 0) is 13.2 Å². The fraction of sp³-hybridized carbons (Fsp3) is 0.308. The lowest BCUT2D eigenvalue weighted by Gasteiger charge is -2.07. The first-order valence-electron chi connectivity index (χ1n) is 6.06. The first kappa shape index (κ1) is 14.4. The van der Waals surface area contributed by atoms with Gasteiger partial charge in [0, 0.05) is 18.8 Å². The number of nitrogens with one attached hydrogen (secondary N) is 1. The normalized spacial score (nSPS) is 10.5. The van der Waals surface area contributed by atoms with Crippen molar-refractivity contribution in [3.63, 3.8) is 0 Å². The minimum Gasteiger partial charge on any atom is -0.481 e. The highest BCUT2D eigenvalue weighted by molar-refractivity contribution is 7.11. The molecule has 0 amide bonds. The Morgan fingerprint density at radius 3 is 2.90 bits per heavy atom. The van der Waals surface area contributed by atoms with Crippen molar-refractivity contribution in [3.05, 3.63) is 50.0 Å². The predicted octanol–water partition coefficient (Wildman–Crippen LogP) is 2.66. The van der Waals surface area contributed by atoms with E-state index in [2.05, 4.69) is 10.3 Å². The van der Waals surface area contributed by atoms with Crippen LogP contribution >= 0.6 is 11.3 Å². The molecule has 0 aliphatic carbocycles. The largest absolute Gasteiger partial charge is 0.481 e. The lowest BCUT2D eigenvalue weighted by atomic mass is 10.2. The molecule has 20 heavy (non-hydrogen) atoms. The fourth-order valence-corrected chi connectivity index (χ4v) is 2.47. The zero-order valence-corrected chi connectivity index (χ0v) is 12.1. The monoisotopic (exact) mass is 293 g/mol. The summed E-state index contributed by atoms with van der Waals surface area (Å²) in [7, 11) is 1.79. The minimum absolute atomic E-state index is 0.0148. The number of hydrogen-bond acceptors (Lipinski definition) is 6. The topological polar surface area (TPSA) is 77.3 Å². The molecule has 0 saturated carbocycles. The summed E-state index contributed by atoms with van der Waals surface area (Å²) in [6.45, 7) is 2.77. The average molecular weight is 293 g/mol. The van der Waals surface area contributed by atoms with E-state index in [-0.39, 0.29) is 18.0 Å². The van der Waals surface area contributed by atoms with Gasteiger partial charge in [0.25, 0.3) is 0 Å². The third kappa shape index (κ3) is 3.52. The van der Waals surface area contributed by atoms with Crippen molar-refractivity contribution in [1.82, 2.24) is 10.3 Å². The Bertz CT molecular complexity index is 613. The molecule has 0 unspecified atom stereocenters. The number of hydrogen-bond donors (Lipinski definition) is 1.